The predicted molar refractivity (Wildman–Crippen MR) is 141 cm³/mol. The van der Waals surface area contributed by atoms with E-state index in [-0.39, 0.29) is 17.6 Å². The third-order valence-corrected chi connectivity index (χ3v) is 6.83. The summed E-state index contributed by atoms with van der Waals surface area (Å²) in [7, 11) is 0. The number of aryl methyl sites for hydroxylation is 2. The Labute approximate surface area is 209 Å². The zero-order valence-corrected chi connectivity index (χ0v) is 20.6. The number of anilines is 1. The SMILES string of the molecule is Cc1cccc(N2C(=S)N[C@@H](c3ccccn3)[C@@H]2c2cc(C)n(-c3cccc(C(=O)O)c3)c2C)c1. The molecule has 0 amide bonds. The van der Waals surface area contributed by atoms with Crippen LogP contribution in [0.1, 0.15) is 50.7 Å². The molecule has 5 rings (SSSR count). The van der Waals surface area contributed by atoms with E-state index in [0.29, 0.717) is 5.11 Å². The molecular formula is C28H26N4O2S. The molecule has 2 atom stereocenters. The van der Waals surface area contributed by atoms with Gasteiger partial charge in [-0.2, -0.15) is 0 Å². The third-order valence-electron chi connectivity index (χ3n) is 6.52. The summed E-state index contributed by atoms with van der Waals surface area (Å²) in [4.78, 5) is 18.4. The van der Waals surface area contributed by atoms with E-state index in [2.05, 4.69) is 57.9 Å². The Bertz CT molecular complexity index is 1430. The van der Waals surface area contributed by atoms with Gasteiger partial charge in [-0.1, -0.05) is 24.3 Å². The molecule has 1 saturated heterocycles. The van der Waals surface area contributed by atoms with E-state index in [1.807, 2.05) is 37.3 Å². The quantitative estimate of drug-likeness (QED) is 0.357. The van der Waals surface area contributed by atoms with Crippen LogP contribution in [0.2, 0.25) is 0 Å². The van der Waals surface area contributed by atoms with Crippen molar-refractivity contribution in [3.05, 3.63) is 113 Å². The summed E-state index contributed by atoms with van der Waals surface area (Å²) in [6, 6.07) is 23.1. The van der Waals surface area contributed by atoms with Crippen LogP contribution in [0.25, 0.3) is 5.69 Å². The molecule has 0 bridgehead atoms. The first-order chi connectivity index (χ1) is 16.8. The zero-order valence-electron chi connectivity index (χ0n) is 19.8. The molecule has 1 aliphatic heterocycles. The maximum Gasteiger partial charge on any atom is 0.335 e. The van der Waals surface area contributed by atoms with Gasteiger partial charge in [0, 0.05) is 29.0 Å². The molecule has 4 aromatic rings. The highest BCUT2D eigenvalue weighted by molar-refractivity contribution is 7.80. The van der Waals surface area contributed by atoms with Crippen molar-refractivity contribution in [2.45, 2.75) is 32.9 Å². The van der Waals surface area contributed by atoms with Gasteiger partial charge in [0.2, 0.25) is 0 Å². The lowest BCUT2D eigenvalue weighted by Gasteiger charge is -2.28. The molecule has 2 aromatic heterocycles. The summed E-state index contributed by atoms with van der Waals surface area (Å²) in [5.41, 5.74) is 7.30. The predicted octanol–water partition coefficient (Wildman–Crippen LogP) is 5.67. The number of carbonyl (C=O) groups is 1. The normalized spacial score (nSPS) is 17.5. The van der Waals surface area contributed by atoms with Crippen LogP contribution in [0.4, 0.5) is 5.69 Å². The summed E-state index contributed by atoms with van der Waals surface area (Å²) >= 11 is 5.86. The van der Waals surface area contributed by atoms with Crippen molar-refractivity contribution < 1.29 is 9.90 Å². The van der Waals surface area contributed by atoms with Crippen LogP contribution in [0.15, 0.2) is 79.0 Å². The van der Waals surface area contributed by atoms with Gasteiger partial charge in [-0.15, -0.1) is 0 Å². The first-order valence-electron chi connectivity index (χ1n) is 11.4. The molecule has 0 unspecified atom stereocenters. The first-order valence-corrected chi connectivity index (χ1v) is 11.9. The molecule has 176 valence electrons. The van der Waals surface area contributed by atoms with Gasteiger partial charge in [-0.3, -0.25) is 4.98 Å². The van der Waals surface area contributed by atoms with Crippen LogP contribution in [0, 0.1) is 20.8 Å². The molecule has 0 spiro atoms. The monoisotopic (exact) mass is 482 g/mol. The minimum atomic E-state index is -0.944. The maximum absolute atomic E-state index is 11.6. The Kier molecular flexibility index (Phi) is 5.86. The Morgan fingerprint density at radius 2 is 1.74 bits per heavy atom. The minimum Gasteiger partial charge on any atom is -0.478 e. The van der Waals surface area contributed by atoms with Crippen molar-refractivity contribution in [1.29, 1.82) is 0 Å². The highest BCUT2D eigenvalue weighted by Gasteiger charge is 2.42. The van der Waals surface area contributed by atoms with Crippen molar-refractivity contribution >= 4 is 29.0 Å². The lowest BCUT2D eigenvalue weighted by Crippen LogP contribution is -2.29. The highest BCUT2D eigenvalue weighted by Crippen LogP contribution is 2.43. The van der Waals surface area contributed by atoms with Crippen molar-refractivity contribution in [2.75, 3.05) is 4.90 Å². The number of nitrogens with zero attached hydrogens (tertiary/aromatic N) is 3. The standard InChI is InChI=1S/C28H26N4O2S/c1-17-8-6-10-21(14-17)32-26(25(30-28(32)35)24-12-4-5-13-29-24)23-15-18(2)31(19(23)3)22-11-7-9-20(16-22)27(33)34/h4-16,25-26H,1-3H3,(H,30,35)(H,33,34)/t25-,26-/m0/s1. The van der Waals surface area contributed by atoms with Crippen molar-refractivity contribution in [3.8, 4) is 5.69 Å². The average Bonchev–Trinajstić information content (AvgIpc) is 3.34. The second-order valence-electron chi connectivity index (χ2n) is 8.85. The maximum atomic E-state index is 11.6. The number of pyridine rings is 1. The van der Waals surface area contributed by atoms with Gasteiger partial charge in [-0.25, -0.2) is 4.79 Å². The van der Waals surface area contributed by atoms with Gasteiger partial charge >= 0.3 is 5.97 Å². The van der Waals surface area contributed by atoms with E-state index in [4.69, 9.17) is 12.2 Å². The summed E-state index contributed by atoms with van der Waals surface area (Å²) in [6.45, 7) is 6.18. The number of aromatic carboxylic acids is 1. The summed E-state index contributed by atoms with van der Waals surface area (Å²) < 4.78 is 2.10. The fraction of sp³-hybridized carbons (Fsp3) is 0.179. The largest absolute Gasteiger partial charge is 0.478 e. The second-order valence-corrected chi connectivity index (χ2v) is 9.24. The van der Waals surface area contributed by atoms with Crippen LogP contribution in [-0.4, -0.2) is 25.7 Å². The summed E-state index contributed by atoms with van der Waals surface area (Å²) in [6.07, 6.45) is 1.80. The van der Waals surface area contributed by atoms with Gasteiger partial charge in [0.25, 0.3) is 0 Å². The van der Waals surface area contributed by atoms with E-state index in [1.165, 1.54) is 0 Å². The molecule has 7 heteroatoms. The molecule has 2 aromatic carbocycles. The number of benzene rings is 2. The molecule has 0 radical (unpaired) electrons. The zero-order chi connectivity index (χ0) is 24.7. The Morgan fingerprint density at radius 1 is 0.971 bits per heavy atom. The second kappa shape index (κ2) is 9.00. The summed E-state index contributed by atoms with van der Waals surface area (Å²) in [5, 5.41) is 13.7. The molecule has 3 heterocycles. The number of rotatable bonds is 5. The Balaban J connectivity index is 1.68. The fourth-order valence-corrected chi connectivity index (χ4v) is 5.34. The lowest BCUT2D eigenvalue weighted by atomic mass is 9.96. The topological polar surface area (TPSA) is 70.4 Å². The molecule has 1 aliphatic rings. The number of carboxylic acids is 1. The molecule has 0 aliphatic carbocycles. The van der Waals surface area contributed by atoms with Gasteiger partial charge in [0.05, 0.1) is 23.3 Å². The van der Waals surface area contributed by atoms with Gasteiger partial charge < -0.3 is 19.9 Å². The Morgan fingerprint density at radius 3 is 2.46 bits per heavy atom. The van der Waals surface area contributed by atoms with E-state index in [9.17, 15) is 9.90 Å². The van der Waals surface area contributed by atoms with Crippen LogP contribution in [0.3, 0.4) is 0 Å². The van der Waals surface area contributed by atoms with E-state index >= 15 is 0 Å². The van der Waals surface area contributed by atoms with E-state index in [1.54, 1.807) is 24.4 Å². The van der Waals surface area contributed by atoms with Crippen LogP contribution in [0.5, 0.6) is 0 Å². The fourth-order valence-electron chi connectivity index (χ4n) is 4.99. The molecular weight excluding hydrogens is 456 g/mol. The smallest absolute Gasteiger partial charge is 0.335 e. The van der Waals surface area contributed by atoms with Gasteiger partial charge in [-0.05, 0) is 92.6 Å². The molecule has 35 heavy (non-hydrogen) atoms. The van der Waals surface area contributed by atoms with Crippen molar-refractivity contribution in [3.63, 3.8) is 0 Å². The highest BCUT2D eigenvalue weighted by atomic mass is 32.1. The summed E-state index contributed by atoms with van der Waals surface area (Å²) in [5.74, 6) is -0.944. The first kappa shape index (κ1) is 22.8. The van der Waals surface area contributed by atoms with Crippen molar-refractivity contribution in [2.24, 2.45) is 0 Å². The molecule has 1 fully saturated rings. The van der Waals surface area contributed by atoms with E-state index < -0.39 is 5.97 Å². The van der Waals surface area contributed by atoms with Gasteiger partial charge in [0.15, 0.2) is 5.11 Å². The minimum absolute atomic E-state index is 0.137. The van der Waals surface area contributed by atoms with Crippen molar-refractivity contribution in [1.82, 2.24) is 14.9 Å². The third kappa shape index (κ3) is 4.08. The Hall–Kier alpha value is -3.97. The van der Waals surface area contributed by atoms with Gasteiger partial charge in [0.1, 0.15) is 0 Å². The number of aromatic nitrogens is 2. The number of hydrogen-bond donors (Lipinski definition) is 2. The lowest BCUT2D eigenvalue weighted by molar-refractivity contribution is 0.0697. The number of thiocarbonyl (C=S) groups is 1. The van der Waals surface area contributed by atoms with Crippen LogP contribution < -0.4 is 10.2 Å². The van der Waals surface area contributed by atoms with Crippen LogP contribution >= 0.6 is 12.2 Å². The molecule has 2 N–H and O–H groups in total. The van der Waals surface area contributed by atoms with E-state index in [0.717, 1.165) is 39.6 Å². The number of carboxylic acid groups (broad SMARTS) is 1. The number of hydrogen-bond acceptors (Lipinski definition) is 3. The molecule has 0 saturated carbocycles. The van der Waals surface area contributed by atoms with Crippen LogP contribution in [-0.2, 0) is 0 Å². The number of nitrogens with one attached hydrogen (secondary N) is 1. The average molecular weight is 483 g/mol. The molecule has 6 nitrogen and oxygen atoms in total.